The maximum atomic E-state index is 11.7. The lowest BCUT2D eigenvalue weighted by Crippen LogP contribution is -2.43. The Hall–Kier alpha value is -2.60. The Kier molecular flexibility index (Phi) is 5.32. The van der Waals surface area contributed by atoms with E-state index in [0.29, 0.717) is 16.3 Å². The zero-order chi connectivity index (χ0) is 15.9. The second-order valence-electron chi connectivity index (χ2n) is 4.44. The van der Waals surface area contributed by atoms with E-state index in [1.165, 1.54) is 24.5 Å². The molecule has 0 saturated heterocycles. The summed E-state index contributed by atoms with van der Waals surface area (Å²) in [5.74, 6) is -0.384. The molecule has 6 nitrogen and oxygen atoms in total. The number of aryl methyl sites for hydroxylation is 1. The summed E-state index contributed by atoms with van der Waals surface area (Å²) >= 11 is 5.90. The van der Waals surface area contributed by atoms with Gasteiger partial charge in [-0.2, -0.15) is 0 Å². The molecule has 0 saturated carbocycles. The molecule has 2 amide bonds. The summed E-state index contributed by atoms with van der Waals surface area (Å²) in [4.78, 5) is 27.1. The lowest BCUT2D eigenvalue weighted by Gasteiger charge is -2.09. The number of hydrogen-bond acceptors (Lipinski definition) is 4. The van der Waals surface area contributed by atoms with Crippen molar-refractivity contribution in [2.45, 2.75) is 6.92 Å². The zero-order valence-corrected chi connectivity index (χ0v) is 12.6. The van der Waals surface area contributed by atoms with Crippen molar-refractivity contribution in [2.24, 2.45) is 0 Å². The Morgan fingerprint density at radius 2 is 1.91 bits per heavy atom. The summed E-state index contributed by atoms with van der Waals surface area (Å²) in [5.41, 5.74) is 5.80. The van der Waals surface area contributed by atoms with Crippen molar-refractivity contribution in [1.29, 1.82) is 0 Å². The highest BCUT2D eigenvalue weighted by Crippen LogP contribution is 2.20. The predicted molar refractivity (Wildman–Crippen MR) is 81.5 cm³/mol. The molecule has 1 aromatic heterocycles. The summed E-state index contributed by atoms with van der Waals surface area (Å²) in [5, 5.41) is 0.626. The van der Waals surface area contributed by atoms with Crippen molar-refractivity contribution in [3.63, 3.8) is 0 Å². The molecule has 2 rings (SSSR count). The number of amides is 2. The topological polar surface area (TPSA) is 80.3 Å². The van der Waals surface area contributed by atoms with Gasteiger partial charge in [0.1, 0.15) is 5.75 Å². The number of carbonyl (C=O) groups is 2. The fraction of sp³-hybridized carbons (Fsp3) is 0.133. The monoisotopic (exact) mass is 319 g/mol. The second-order valence-corrected chi connectivity index (χ2v) is 4.85. The Labute approximate surface area is 132 Å². The highest BCUT2D eigenvalue weighted by molar-refractivity contribution is 6.31. The number of aromatic nitrogens is 1. The molecular weight excluding hydrogens is 306 g/mol. The molecule has 1 heterocycles. The maximum absolute atomic E-state index is 11.7. The van der Waals surface area contributed by atoms with Crippen LogP contribution in [0.3, 0.4) is 0 Å². The van der Waals surface area contributed by atoms with Gasteiger partial charge in [0.25, 0.3) is 11.8 Å². The smallest absolute Gasteiger partial charge is 0.276 e. The Morgan fingerprint density at radius 1 is 1.18 bits per heavy atom. The number of nitrogens with zero attached hydrogens (tertiary/aromatic N) is 1. The SMILES string of the molecule is Cc1cc(OCC(=O)NNC(=O)c2ccncc2)ccc1Cl. The Balaban J connectivity index is 1.78. The van der Waals surface area contributed by atoms with E-state index in [4.69, 9.17) is 16.3 Å². The summed E-state index contributed by atoms with van der Waals surface area (Å²) in [6.07, 6.45) is 2.98. The van der Waals surface area contributed by atoms with Crippen molar-refractivity contribution in [2.75, 3.05) is 6.61 Å². The summed E-state index contributed by atoms with van der Waals surface area (Å²) in [6.45, 7) is 1.61. The van der Waals surface area contributed by atoms with E-state index >= 15 is 0 Å². The van der Waals surface area contributed by atoms with Crippen LogP contribution in [-0.4, -0.2) is 23.4 Å². The summed E-state index contributed by atoms with van der Waals surface area (Å²) in [7, 11) is 0. The third-order valence-electron chi connectivity index (χ3n) is 2.76. The van der Waals surface area contributed by atoms with Gasteiger partial charge in [0.2, 0.25) is 0 Å². The minimum absolute atomic E-state index is 0.225. The van der Waals surface area contributed by atoms with Gasteiger partial charge in [0.05, 0.1) is 0 Å². The second kappa shape index (κ2) is 7.42. The van der Waals surface area contributed by atoms with E-state index in [1.54, 1.807) is 18.2 Å². The molecule has 0 fully saturated rings. The third-order valence-corrected chi connectivity index (χ3v) is 3.18. The van der Waals surface area contributed by atoms with Crippen LogP contribution in [0, 0.1) is 6.92 Å². The number of rotatable bonds is 4. The predicted octanol–water partition coefficient (Wildman–Crippen LogP) is 1.88. The van der Waals surface area contributed by atoms with Crippen molar-refractivity contribution < 1.29 is 14.3 Å². The normalized spacial score (nSPS) is 9.91. The minimum atomic E-state index is -0.477. The van der Waals surface area contributed by atoms with Crippen LogP contribution in [0.5, 0.6) is 5.75 Å². The fourth-order valence-electron chi connectivity index (χ4n) is 1.59. The lowest BCUT2D eigenvalue weighted by atomic mass is 10.2. The van der Waals surface area contributed by atoms with E-state index in [2.05, 4.69) is 15.8 Å². The van der Waals surface area contributed by atoms with Crippen LogP contribution in [-0.2, 0) is 4.79 Å². The van der Waals surface area contributed by atoms with E-state index in [1.807, 2.05) is 6.92 Å². The molecule has 0 bridgehead atoms. The molecule has 114 valence electrons. The van der Waals surface area contributed by atoms with Gasteiger partial charge >= 0.3 is 0 Å². The Bertz CT molecular complexity index is 677. The van der Waals surface area contributed by atoms with Gasteiger partial charge in [-0.3, -0.25) is 25.4 Å². The Morgan fingerprint density at radius 3 is 2.59 bits per heavy atom. The van der Waals surface area contributed by atoms with Crippen LogP contribution in [0.15, 0.2) is 42.7 Å². The van der Waals surface area contributed by atoms with Crippen LogP contribution in [0.4, 0.5) is 0 Å². The average molecular weight is 320 g/mol. The molecule has 0 aliphatic rings. The first-order valence-electron chi connectivity index (χ1n) is 6.44. The van der Waals surface area contributed by atoms with Gasteiger partial charge in [-0.25, -0.2) is 0 Å². The number of benzene rings is 1. The molecule has 0 aliphatic heterocycles. The van der Waals surface area contributed by atoms with Gasteiger partial charge in [-0.1, -0.05) is 11.6 Å². The third kappa shape index (κ3) is 4.46. The standard InChI is InChI=1S/C15H14ClN3O3/c1-10-8-12(2-3-13(10)16)22-9-14(20)18-19-15(21)11-4-6-17-7-5-11/h2-8H,9H2,1H3,(H,18,20)(H,19,21). The minimum Gasteiger partial charge on any atom is -0.484 e. The number of hydrogen-bond donors (Lipinski definition) is 2. The molecule has 0 unspecified atom stereocenters. The molecule has 2 aromatic rings. The van der Waals surface area contributed by atoms with Crippen molar-refractivity contribution in [3.05, 3.63) is 58.9 Å². The average Bonchev–Trinajstić information content (AvgIpc) is 2.54. The molecule has 7 heteroatoms. The van der Waals surface area contributed by atoms with Crippen molar-refractivity contribution >= 4 is 23.4 Å². The number of halogens is 1. The zero-order valence-electron chi connectivity index (χ0n) is 11.8. The molecule has 0 atom stereocenters. The largest absolute Gasteiger partial charge is 0.484 e. The first-order valence-corrected chi connectivity index (χ1v) is 6.82. The maximum Gasteiger partial charge on any atom is 0.276 e. The van der Waals surface area contributed by atoms with Crippen LogP contribution in [0.25, 0.3) is 0 Å². The number of hydrazine groups is 1. The highest BCUT2D eigenvalue weighted by Gasteiger charge is 2.07. The fourth-order valence-corrected chi connectivity index (χ4v) is 1.71. The van der Waals surface area contributed by atoms with Crippen LogP contribution in [0.1, 0.15) is 15.9 Å². The van der Waals surface area contributed by atoms with Gasteiger partial charge in [-0.05, 0) is 42.8 Å². The van der Waals surface area contributed by atoms with E-state index in [9.17, 15) is 9.59 Å². The van der Waals surface area contributed by atoms with Gasteiger partial charge in [0.15, 0.2) is 6.61 Å². The van der Waals surface area contributed by atoms with E-state index < -0.39 is 11.8 Å². The number of pyridine rings is 1. The van der Waals surface area contributed by atoms with Crippen LogP contribution < -0.4 is 15.6 Å². The first kappa shape index (κ1) is 15.8. The molecular formula is C15H14ClN3O3. The molecule has 0 aliphatic carbocycles. The van der Waals surface area contributed by atoms with Crippen molar-refractivity contribution in [1.82, 2.24) is 15.8 Å². The lowest BCUT2D eigenvalue weighted by molar-refractivity contribution is -0.123. The quantitative estimate of drug-likeness (QED) is 0.843. The molecule has 1 aromatic carbocycles. The number of ether oxygens (including phenoxy) is 1. The molecule has 2 N–H and O–H groups in total. The van der Waals surface area contributed by atoms with Crippen molar-refractivity contribution in [3.8, 4) is 5.75 Å². The van der Waals surface area contributed by atoms with Gasteiger partial charge < -0.3 is 4.74 Å². The van der Waals surface area contributed by atoms with Crippen LogP contribution in [0.2, 0.25) is 5.02 Å². The molecule has 22 heavy (non-hydrogen) atoms. The summed E-state index contributed by atoms with van der Waals surface area (Å²) in [6, 6.07) is 8.15. The number of carbonyl (C=O) groups excluding carboxylic acids is 2. The summed E-state index contributed by atoms with van der Waals surface area (Å²) < 4.78 is 5.31. The number of nitrogens with one attached hydrogen (secondary N) is 2. The molecule has 0 radical (unpaired) electrons. The highest BCUT2D eigenvalue weighted by atomic mass is 35.5. The van der Waals surface area contributed by atoms with Gasteiger partial charge in [-0.15, -0.1) is 0 Å². The molecule has 0 spiro atoms. The van der Waals surface area contributed by atoms with E-state index in [-0.39, 0.29) is 6.61 Å². The first-order chi connectivity index (χ1) is 10.6. The van der Waals surface area contributed by atoms with Crippen LogP contribution >= 0.6 is 11.6 Å². The van der Waals surface area contributed by atoms with Gasteiger partial charge in [0, 0.05) is 23.0 Å². The van der Waals surface area contributed by atoms with E-state index in [0.717, 1.165) is 5.56 Å².